The maximum Gasteiger partial charge on any atom is 0.306 e. The first-order chi connectivity index (χ1) is 7.77. The van der Waals surface area contributed by atoms with Gasteiger partial charge in [-0.15, -0.1) is 0 Å². The van der Waals surface area contributed by atoms with Crippen LogP contribution in [0.3, 0.4) is 0 Å². The minimum atomic E-state index is -0.399. The van der Waals surface area contributed by atoms with E-state index in [1.54, 1.807) is 0 Å². The van der Waals surface area contributed by atoms with Crippen LogP contribution < -0.4 is 0 Å². The Morgan fingerprint density at radius 2 is 1.88 bits per heavy atom. The molecule has 0 aromatic heterocycles. The van der Waals surface area contributed by atoms with Gasteiger partial charge in [0.25, 0.3) is 0 Å². The van der Waals surface area contributed by atoms with E-state index in [1.165, 1.54) is 7.11 Å². The number of esters is 1. The number of hydrogen-bond donors (Lipinski definition) is 0. The lowest BCUT2D eigenvalue weighted by Gasteiger charge is -2.08. The molecule has 0 aliphatic heterocycles. The van der Waals surface area contributed by atoms with Crippen molar-refractivity contribution in [2.45, 2.75) is 26.2 Å². The van der Waals surface area contributed by atoms with Gasteiger partial charge in [0.05, 0.1) is 19.4 Å². The second-order valence-corrected chi connectivity index (χ2v) is 2.93. The zero-order valence-corrected chi connectivity index (χ0v) is 9.97. The molecule has 0 saturated carbocycles. The monoisotopic (exact) mass is 222 g/mol. The molecule has 1 rings (SSSR count). The van der Waals surface area contributed by atoms with Crippen LogP contribution in [0.2, 0.25) is 0 Å². The molecule has 0 aliphatic rings. The zero-order valence-electron chi connectivity index (χ0n) is 9.97. The van der Waals surface area contributed by atoms with Gasteiger partial charge in [-0.1, -0.05) is 44.2 Å². The number of methoxy groups -OCH3 is 1. The molecule has 3 nitrogen and oxygen atoms in total. The summed E-state index contributed by atoms with van der Waals surface area (Å²) in [7, 11) is 1.31. The van der Waals surface area contributed by atoms with Crippen molar-refractivity contribution in [3.63, 3.8) is 0 Å². The third kappa shape index (κ3) is 4.73. The van der Waals surface area contributed by atoms with Crippen molar-refractivity contribution >= 4 is 12.3 Å². The van der Waals surface area contributed by atoms with Crippen molar-refractivity contribution in [2.24, 2.45) is 0 Å². The molecule has 0 saturated heterocycles. The molecule has 0 heterocycles. The van der Waals surface area contributed by atoms with E-state index in [9.17, 15) is 9.59 Å². The number of benzene rings is 1. The zero-order chi connectivity index (χ0) is 12.4. The first-order valence-corrected chi connectivity index (χ1v) is 5.35. The summed E-state index contributed by atoms with van der Waals surface area (Å²) in [6.07, 6.45) is 0.871. The number of hydrogen-bond acceptors (Lipinski definition) is 3. The van der Waals surface area contributed by atoms with Crippen LogP contribution in [0.15, 0.2) is 30.3 Å². The molecule has 1 atom stereocenters. The fraction of sp³-hybridized carbons (Fsp3) is 0.385. The quantitative estimate of drug-likeness (QED) is 0.581. The maximum absolute atomic E-state index is 11.0. The van der Waals surface area contributed by atoms with Crippen molar-refractivity contribution in [1.82, 2.24) is 0 Å². The molecule has 88 valence electrons. The van der Waals surface area contributed by atoms with Crippen molar-refractivity contribution in [1.29, 1.82) is 0 Å². The van der Waals surface area contributed by atoms with Crippen molar-refractivity contribution in [2.75, 3.05) is 7.11 Å². The summed E-state index contributed by atoms with van der Waals surface area (Å²) in [4.78, 5) is 21.7. The van der Waals surface area contributed by atoms with Crippen molar-refractivity contribution in [3.05, 3.63) is 35.9 Å². The number of rotatable bonds is 4. The smallest absolute Gasteiger partial charge is 0.306 e. The Morgan fingerprint density at radius 3 is 2.31 bits per heavy atom. The fourth-order valence-electron chi connectivity index (χ4n) is 1.21. The van der Waals surface area contributed by atoms with Gasteiger partial charge in [0.1, 0.15) is 6.29 Å². The molecule has 0 bridgehead atoms. The van der Waals surface area contributed by atoms with E-state index in [2.05, 4.69) is 4.74 Å². The van der Waals surface area contributed by atoms with Crippen LogP contribution in [0.1, 0.15) is 31.7 Å². The molecule has 0 spiro atoms. The van der Waals surface area contributed by atoms with E-state index in [0.29, 0.717) is 0 Å². The van der Waals surface area contributed by atoms with Crippen LogP contribution in [-0.2, 0) is 14.3 Å². The van der Waals surface area contributed by atoms with E-state index in [4.69, 9.17) is 0 Å². The van der Waals surface area contributed by atoms with Gasteiger partial charge in [0.15, 0.2) is 0 Å². The van der Waals surface area contributed by atoms with E-state index < -0.39 is 5.92 Å². The molecule has 1 aromatic carbocycles. The number of aldehydes is 1. The summed E-state index contributed by atoms with van der Waals surface area (Å²) in [6, 6.07) is 9.18. The van der Waals surface area contributed by atoms with Crippen LogP contribution in [0.4, 0.5) is 0 Å². The lowest BCUT2D eigenvalue weighted by atomic mass is 9.97. The second-order valence-electron chi connectivity index (χ2n) is 2.93. The Morgan fingerprint density at radius 1 is 1.31 bits per heavy atom. The Balaban J connectivity index is 0.00000106. The van der Waals surface area contributed by atoms with Crippen LogP contribution in [0, 0.1) is 0 Å². The third-order valence-corrected chi connectivity index (χ3v) is 2.01. The molecule has 1 unspecified atom stereocenters. The molecule has 0 fully saturated rings. The van der Waals surface area contributed by atoms with Gasteiger partial charge in [0, 0.05) is 0 Å². The maximum atomic E-state index is 11.0. The highest BCUT2D eigenvalue weighted by Gasteiger charge is 2.14. The van der Waals surface area contributed by atoms with Gasteiger partial charge in [-0.05, 0) is 5.56 Å². The summed E-state index contributed by atoms with van der Waals surface area (Å²) in [5, 5.41) is 0. The van der Waals surface area contributed by atoms with E-state index in [0.717, 1.165) is 11.8 Å². The summed E-state index contributed by atoms with van der Waals surface area (Å²) in [6.45, 7) is 4.00. The molecule has 0 amide bonds. The summed E-state index contributed by atoms with van der Waals surface area (Å²) in [5.41, 5.74) is 0.841. The molecule has 0 N–H and O–H groups in total. The molecular weight excluding hydrogens is 204 g/mol. The van der Waals surface area contributed by atoms with E-state index in [1.807, 2.05) is 44.2 Å². The third-order valence-electron chi connectivity index (χ3n) is 2.01. The predicted molar refractivity (Wildman–Crippen MR) is 63.2 cm³/mol. The molecule has 0 radical (unpaired) electrons. The Labute approximate surface area is 96.4 Å². The van der Waals surface area contributed by atoms with Crippen LogP contribution in [0.5, 0.6) is 0 Å². The molecule has 1 aromatic rings. The van der Waals surface area contributed by atoms with Crippen LogP contribution in [-0.4, -0.2) is 19.4 Å². The van der Waals surface area contributed by atoms with Gasteiger partial charge in [-0.3, -0.25) is 4.79 Å². The van der Waals surface area contributed by atoms with Gasteiger partial charge < -0.3 is 9.53 Å². The van der Waals surface area contributed by atoms with Gasteiger partial charge in [-0.2, -0.15) is 0 Å². The number of carbonyl (C=O) groups is 2. The summed E-state index contributed by atoms with van der Waals surface area (Å²) >= 11 is 0. The van der Waals surface area contributed by atoms with Crippen LogP contribution >= 0.6 is 0 Å². The minimum Gasteiger partial charge on any atom is -0.469 e. The summed E-state index contributed by atoms with van der Waals surface area (Å²) in [5.74, 6) is -0.769. The fourth-order valence-corrected chi connectivity index (χ4v) is 1.21. The second kappa shape index (κ2) is 8.65. The topological polar surface area (TPSA) is 43.4 Å². The SMILES string of the molecule is CC.COC(=O)CC(C=O)c1ccccc1. The minimum absolute atomic E-state index is 0.101. The molecular formula is C13H18O3. The van der Waals surface area contributed by atoms with Crippen molar-refractivity contribution < 1.29 is 14.3 Å². The van der Waals surface area contributed by atoms with Crippen molar-refractivity contribution in [3.8, 4) is 0 Å². The molecule has 0 aliphatic carbocycles. The normalized spacial score (nSPS) is 10.7. The molecule has 16 heavy (non-hydrogen) atoms. The number of ether oxygens (including phenoxy) is 1. The lowest BCUT2D eigenvalue weighted by molar-refractivity contribution is -0.141. The average molecular weight is 222 g/mol. The summed E-state index contributed by atoms with van der Waals surface area (Å²) < 4.78 is 4.51. The highest BCUT2D eigenvalue weighted by atomic mass is 16.5. The number of carbonyl (C=O) groups excluding carboxylic acids is 2. The Kier molecular flexibility index (Phi) is 7.76. The standard InChI is InChI=1S/C11H12O3.C2H6/c1-14-11(13)7-10(8-12)9-5-3-2-4-6-9;1-2/h2-6,8,10H,7H2,1H3;1-2H3. The van der Waals surface area contributed by atoms with Crippen LogP contribution in [0.25, 0.3) is 0 Å². The largest absolute Gasteiger partial charge is 0.469 e. The van der Waals surface area contributed by atoms with Gasteiger partial charge >= 0.3 is 5.97 Å². The predicted octanol–water partition coefficient (Wildman–Crippen LogP) is 2.56. The Hall–Kier alpha value is -1.64. The lowest BCUT2D eigenvalue weighted by Crippen LogP contribution is -2.09. The van der Waals surface area contributed by atoms with Gasteiger partial charge in [-0.25, -0.2) is 0 Å². The van der Waals surface area contributed by atoms with E-state index >= 15 is 0 Å². The Bertz CT molecular complexity index is 306. The van der Waals surface area contributed by atoms with Gasteiger partial charge in [0.2, 0.25) is 0 Å². The van der Waals surface area contributed by atoms with E-state index in [-0.39, 0.29) is 12.4 Å². The first-order valence-electron chi connectivity index (χ1n) is 5.35. The first kappa shape index (κ1) is 14.4. The molecule has 3 heteroatoms. The average Bonchev–Trinajstić information content (AvgIpc) is 2.39. The highest BCUT2D eigenvalue weighted by molar-refractivity contribution is 5.76. The highest BCUT2D eigenvalue weighted by Crippen LogP contribution is 2.17.